The maximum atomic E-state index is 13.4. The zero-order valence-electron chi connectivity index (χ0n) is 22.4. The first-order valence-electron chi connectivity index (χ1n) is 13.0. The molecule has 0 radical (unpaired) electrons. The molecule has 2 aromatic rings. The van der Waals surface area contributed by atoms with Crippen molar-refractivity contribution in [2.75, 3.05) is 13.7 Å². The van der Waals surface area contributed by atoms with E-state index in [1.165, 1.54) is 38.3 Å². The van der Waals surface area contributed by atoms with Gasteiger partial charge >= 0.3 is 12.1 Å². The number of phenolic OH excluding ortho intramolecular Hbond substituents is 2. The van der Waals surface area contributed by atoms with Crippen LogP contribution in [0.3, 0.4) is 0 Å². The summed E-state index contributed by atoms with van der Waals surface area (Å²) in [4.78, 5) is 38.4. The summed E-state index contributed by atoms with van der Waals surface area (Å²) < 4.78 is 56.0. The van der Waals surface area contributed by atoms with Crippen LogP contribution in [-0.4, -0.2) is 87.9 Å². The first kappa shape index (κ1) is 29.9. The summed E-state index contributed by atoms with van der Waals surface area (Å²) in [7, 11) is 1.23. The maximum Gasteiger partial charge on any atom is 0.471 e. The van der Waals surface area contributed by atoms with Crippen molar-refractivity contribution in [3.63, 3.8) is 0 Å². The fraction of sp³-hybridized carbons (Fsp3) is 0.464. The number of amides is 1. The van der Waals surface area contributed by atoms with E-state index in [2.05, 4.69) is 0 Å². The summed E-state index contributed by atoms with van der Waals surface area (Å²) >= 11 is 0. The van der Waals surface area contributed by atoms with Gasteiger partial charge in [0.15, 0.2) is 17.9 Å². The molecule has 1 aliphatic heterocycles. The van der Waals surface area contributed by atoms with E-state index in [9.17, 15) is 48.0 Å². The monoisotopic (exact) mass is 595 g/mol. The van der Waals surface area contributed by atoms with Gasteiger partial charge in [-0.15, -0.1) is 0 Å². The van der Waals surface area contributed by atoms with Crippen molar-refractivity contribution in [3.05, 3.63) is 57.6 Å². The molecule has 0 saturated carbocycles. The smallest absolute Gasteiger partial charge is 0.471 e. The molecule has 42 heavy (non-hydrogen) atoms. The predicted octanol–water partition coefficient (Wildman–Crippen LogP) is 1.80. The zero-order chi connectivity index (χ0) is 30.7. The minimum Gasteiger partial charge on any atom is -0.507 e. The molecule has 0 spiro atoms. The second-order valence-electron chi connectivity index (χ2n) is 10.7. The third-order valence-corrected chi connectivity index (χ3v) is 7.98. The highest BCUT2D eigenvalue weighted by molar-refractivity contribution is 6.30. The number of carbonyl (C=O) groups is 3. The van der Waals surface area contributed by atoms with Gasteiger partial charge in [-0.25, -0.2) is 0 Å². The summed E-state index contributed by atoms with van der Waals surface area (Å²) in [5.74, 6) is -5.03. The molecule has 5 rings (SSSR count). The van der Waals surface area contributed by atoms with E-state index in [0.717, 1.165) is 0 Å². The lowest BCUT2D eigenvalue weighted by Gasteiger charge is -2.43. The predicted molar refractivity (Wildman–Crippen MR) is 135 cm³/mol. The average molecular weight is 596 g/mol. The normalized spacial score (nSPS) is 29.0. The Hall–Kier alpha value is -3.56. The van der Waals surface area contributed by atoms with Gasteiger partial charge in [-0.3, -0.25) is 14.4 Å². The summed E-state index contributed by atoms with van der Waals surface area (Å²) in [5.41, 5.74) is -3.14. The number of fused-ring (bicyclic) bond motifs is 3. The van der Waals surface area contributed by atoms with Crippen LogP contribution < -0.4 is 5.32 Å². The highest BCUT2D eigenvalue weighted by atomic mass is 19.4. The number of carbonyl (C=O) groups excluding carboxylic acids is 3. The fourth-order valence-corrected chi connectivity index (χ4v) is 6.05. The molecule has 1 fully saturated rings. The molecule has 6 atom stereocenters. The van der Waals surface area contributed by atoms with E-state index in [1.54, 1.807) is 0 Å². The number of phenols is 2. The Bertz CT molecular complexity index is 1460. The quantitative estimate of drug-likeness (QED) is 0.274. The molecule has 14 heteroatoms. The number of aliphatic hydroxyl groups excluding tert-OH is 1. The van der Waals surface area contributed by atoms with Crippen LogP contribution in [0, 0.1) is 0 Å². The Morgan fingerprint density at radius 3 is 2.26 bits per heavy atom. The molecule has 0 bridgehead atoms. The van der Waals surface area contributed by atoms with Crippen LogP contribution in [0.4, 0.5) is 13.2 Å². The molecular formula is C28H28F3NO10. The maximum absolute atomic E-state index is 13.4. The van der Waals surface area contributed by atoms with Crippen molar-refractivity contribution < 1.29 is 62.2 Å². The summed E-state index contributed by atoms with van der Waals surface area (Å²) in [6.07, 6.45) is -10.9. The van der Waals surface area contributed by atoms with Crippen LogP contribution in [0.25, 0.3) is 0 Å². The average Bonchev–Trinajstić information content (AvgIpc) is 2.93. The van der Waals surface area contributed by atoms with Gasteiger partial charge in [0, 0.05) is 48.6 Å². The Balaban J connectivity index is 1.55. The van der Waals surface area contributed by atoms with Gasteiger partial charge in [-0.1, -0.05) is 24.3 Å². The molecule has 2 aromatic carbocycles. The Morgan fingerprint density at radius 1 is 1.12 bits per heavy atom. The standard InChI is InChI=1S/C28H28F3NO10/c1-11-25(40-2)15(32-26(38)28(29,30)31)7-17(41-11)42-16-9-27(39,10-33)8-14-18(16)24(37)20-19(23(14)36)21(34)12-5-3-4-6-13(12)22(20)35/h3-6,11,15-17,25,33,36-37,39H,7-10H2,1-2H3,(H,32,38)/t11-,15+,16+,17+,25+,27?/m1/s1. The number of alkyl halides is 3. The molecule has 11 nitrogen and oxygen atoms in total. The van der Waals surface area contributed by atoms with Gasteiger partial charge in [-0.2, -0.15) is 13.2 Å². The number of methoxy groups -OCH3 is 1. The lowest BCUT2D eigenvalue weighted by atomic mass is 9.73. The highest BCUT2D eigenvalue weighted by Gasteiger charge is 2.49. The number of hydrogen-bond donors (Lipinski definition) is 5. The number of hydrogen-bond acceptors (Lipinski definition) is 10. The molecule has 2 aliphatic carbocycles. The number of ether oxygens (including phenoxy) is 3. The molecule has 1 heterocycles. The van der Waals surface area contributed by atoms with Gasteiger partial charge < -0.3 is 40.0 Å². The number of ketones is 2. The van der Waals surface area contributed by atoms with Crippen molar-refractivity contribution in [1.82, 2.24) is 5.32 Å². The molecule has 1 saturated heterocycles. The fourth-order valence-electron chi connectivity index (χ4n) is 6.05. The van der Waals surface area contributed by atoms with Crippen molar-refractivity contribution in [1.29, 1.82) is 0 Å². The largest absolute Gasteiger partial charge is 0.507 e. The van der Waals surface area contributed by atoms with Gasteiger partial charge in [0.05, 0.1) is 41.6 Å². The SMILES string of the molecule is CO[C@@H]1[C@@H](NC(=O)C(F)(F)F)C[C@H](O[C@H]2CC(O)(CO)Cc3c(O)c4c(c(O)c32)C(=O)c2ccccc2C4=O)O[C@@H]1C. The van der Waals surface area contributed by atoms with E-state index in [4.69, 9.17) is 14.2 Å². The van der Waals surface area contributed by atoms with E-state index in [0.29, 0.717) is 0 Å². The first-order valence-corrected chi connectivity index (χ1v) is 13.0. The van der Waals surface area contributed by atoms with E-state index in [1.807, 2.05) is 5.32 Å². The Labute approximate surface area is 236 Å². The van der Waals surface area contributed by atoms with E-state index < -0.39 is 95.5 Å². The van der Waals surface area contributed by atoms with Crippen LogP contribution in [0.5, 0.6) is 11.5 Å². The number of aromatic hydroxyl groups is 2. The second-order valence-corrected chi connectivity index (χ2v) is 10.7. The lowest BCUT2D eigenvalue weighted by Crippen LogP contribution is -2.58. The molecule has 226 valence electrons. The minimum atomic E-state index is -5.17. The van der Waals surface area contributed by atoms with Gasteiger partial charge in [0.2, 0.25) is 0 Å². The third kappa shape index (κ3) is 4.92. The Morgan fingerprint density at radius 2 is 1.71 bits per heavy atom. The van der Waals surface area contributed by atoms with E-state index >= 15 is 0 Å². The molecule has 1 amide bonds. The third-order valence-electron chi connectivity index (χ3n) is 7.98. The van der Waals surface area contributed by atoms with Gasteiger partial charge in [0.25, 0.3) is 0 Å². The molecule has 3 aliphatic rings. The van der Waals surface area contributed by atoms with Crippen LogP contribution in [0.15, 0.2) is 24.3 Å². The Kier molecular flexibility index (Phi) is 7.56. The van der Waals surface area contributed by atoms with Crippen LogP contribution in [-0.2, 0) is 25.4 Å². The van der Waals surface area contributed by atoms with Gasteiger partial charge in [-0.05, 0) is 6.92 Å². The van der Waals surface area contributed by atoms with Gasteiger partial charge in [0.1, 0.15) is 17.6 Å². The van der Waals surface area contributed by atoms with Crippen LogP contribution >= 0.6 is 0 Å². The second kappa shape index (κ2) is 10.6. The molecule has 0 aromatic heterocycles. The van der Waals surface area contributed by atoms with Crippen LogP contribution in [0.2, 0.25) is 0 Å². The van der Waals surface area contributed by atoms with Crippen molar-refractivity contribution in [2.24, 2.45) is 0 Å². The summed E-state index contributed by atoms with van der Waals surface area (Å²) in [5, 5.41) is 45.6. The zero-order valence-corrected chi connectivity index (χ0v) is 22.4. The number of aliphatic hydroxyl groups is 2. The lowest BCUT2D eigenvalue weighted by molar-refractivity contribution is -0.255. The minimum absolute atomic E-state index is 0.00286. The molecule has 1 unspecified atom stereocenters. The molecular weight excluding hydrogens is 567 g/mol. The van der Waals surface area contributed by atoms with Crippen molar-refractivity contribution in [3.8, 4) is 11.5 Å². The first-order chi connectivity index (χ1) is 19.7. The number of nitrogens with one attached hydrogen (secondary N) is 1. The van der Waals surface area contributed by atoms with Crippen molar-refractivity contribution in [2.45, 2.75) is 68.6 Å². The van der Waals surface area contributed by atoms with E-state index in [-0.39, 0.29) is 35.1 Å². The van der Waals surface area contributed by atoms with Crippen LogP contribution in [0.1, 0.15) is 68.8 Å². The summed E-state index contributed by atoms with van der Waals surface area (Å²) in [6.45, 7) is 0.661. The van der Waals surface area contributed by atoms with Crippen molar-refractivity contribution >= 4 is 17.5 Å². The number of rotatable bonds is 5. The highest BCUT2D eigenvalue weighted by Crippen LogP contribution is 2.51. The molecule has 5 N–H and O–H groups in total. The summed E-state index contributed by atoms with van der Waals surface area (Å²) in [6, 6.07) is 4.63. The number of benzene rings is 2. The topological polar surface area (TPSA) is 172 Å². The number of halogens is 3.